The smallest absolute Gasteiger partial charge is 0.230 e. The van der Waals surface area contributed by atoms with Crippen LogP contribution in [0.25, 0.3) is 10.9 Å². The topological polar surface area (TPSA) is 76.6 Å². The van der Waals surface area contributed by atoms with Crippen molar-refractivity contribution in [3.63, 3.8) is 0 Å². The minimum absolute atomic E-state index is 0.0628. The molecule has 9 heteroatoms. The Hall–Kier alpha value is -2.39. The molecule has 2 aromatic carbocycles. The molecule has 0 atom stereocenters. The molecule has 1 amide bonds. The molecule has 0 saturated carbocycles. The van der Waals surface area contributed by atoms with Gasteiger partial charge in [0.25, 0.3) is 0 Å². The molecule has 0 spiro atoms. The van der Waals surface area contributed by atoms with Crippen molar-refractivity contribution in [2.24, 2.45) is 0 Å². The second-order valence-corrected chi connectivity index (χ2v) is 8.69. The van der Waals surface area contributed by atoms with E-state index in [0.29, 0.717) is 24.7 Å². The highest BCUT2D eigenvalue weighted by Gasteiger charge is 2.15. The van der Waals surface area contributed by atoms with Crippen LogP contribution in [-0.2, 0) is 16.1 Å². The molecule has 168 valence electrons. The molecule has 1 aliphatic rings. The van der Waals surface area contributed by atoms with Crippen molar-refractivity contribution in [3.05, 3.63) is 59.4 Å². The van der Waals surface area contributed by atoms with Crippen molar-refractivity contribution in [3.8, 4) is 5.75 Å². The first-order valence-corrected chi connectivity index (χ1v) is 11.9. The fourth-order valence-corrected chi connectivity index (χ4v) is 4.30. The molecular weight excluding hydrogens is 448 g/mol. The fraction of sp³-hybridized carbons (Fsp3) is 0.348. The van der Waals surface area contributed by atoms with Crippen LogP contribution in [0, 0.1) is 0 Å². The number of amides is 1. The highest BCUT2D eigenvalue weighted by molar-refractivity contribution is 8.00. The van der Waals surface area contributed by atoms with Crippen LogP contribution in [-0.4, -0.2) is 66.0 Å². The van der Waals surface area contributed by atoms with E-state index in [1.807, 2.05) is 24.3 Å². The molecule has 1 N–H and O–H groups in total. The van der Waals surface area contributed by atoms with Gasteiger partial charge < -0.3 is 14.8 Å². The molecule has 7 nitrogen and oxygen atoms in total. The highest BCUT2D eigenvalue weighted by atomic mass is 35.5. The summed E-state index contributed by atoms with van der Waals surface area (Å²) in [6.07, 6.45) is 0. The zero-order valence-corrected chi connectivity index (χ0v) is 19.2. The summed E-state index contributed by atoms with van der Waals surface area (Å²) in [5.41, 5.74) is 0.894. The van der Waals surface area contributed by atoms with Crippen LogP contribution in [0.4, 0.5) is 0 Å². The van der Waals surface area contributed by atoms with Crippen LogP contribution in [0.3, 0.4) is 0 Å². The molecule has 0 aliphatic carbocycles. The molecule has 2 heterocycles. The summed E-state index contributed by atoms with van der Waals surface area (Å²) < 4.78 is 11.0. The van der Waals surface area contributed by atoms with Gasteiger partial charge in [-0.15, -0.1) is 0 Å². The van der Waals surface area contributed by atoms with Crippen molar-refractivity contribution in [2.45, 2.75) is 11.6 Å². The van der Waals surface area contributed by atoms with Crippen LogP contribution < -0.4 is 10.1 Å². The summed E-state index contributed by atoms with van der Waals surface area (Å²) in [6, 6.07) is 15.0. The Morgan fingerprint density at radius 1 is 1.12 bits per heavy atom. The van der Waals surface area contributed by atoms with E-state index in [9.17, 15) is 4.79 Å². The van der Waals surface area contributed by atoms with Gasteiger partial charge in [-0.2, -0.15) is 0 Å². The van der Waals surface area contributed by atoms with Crippen LogP contribution in [0.15, 0.2) is 53.6 Å². The normalized spacial score (nSPS) is 14.4. The molecule has 4 rings (SSSR count). The molecule has 3 aromatic rings. The summed E-state index contributed by atoms with van der Waals surface area (Å²) in [5, 5.41) is 5.33. The van der Waals surface area contributed by atoms with E-state index in [4.69, 9.17) is 31.0 Å². The van der Waals surface area contributed by atoms with E-state index in [1.54, 1.807) is 24.3 Å². The van der Waals surface area contributed by atoms with Gasteiger partial charge in [-0.25, -0.2) is 9.97 Å². The van der Waals surface area contributed by atoms with Gasteiger partial charge in [0, 0.05) is 23.5 Å². The lowest BCUT2D eigenvalue weighted by Gasteiger charge is -2.25. The molecular formula is C23H25ClN4O3S. The first kappa shape index (κ1) is 22.8. The number of ether oxygens (including phenoxy) is 2. The van der Waals surface area contributed by atoms with Crippen LogP contribution >= 0.6 is 23.4 Å². The maximum Gasteiger partial charge on any atom is 0.230 e. The molecule has 1 fully saturated rings. The number of morpholine rings is 1. The number of carbonyl (C=O) groups is 1. The van der Waals surface area contributed by atoms with Gasteiger partial charge in [0.05, 0.1) is 37.6 Å². The van der Waals surface area contributed by atoms with E-state index in [1.165, 1.54) is 11.8 Å². The summed E-state index contributed by atoms with van der Waals surface area (Å²) in [4.78, 5) is 24.1. The van der Waals surface area contributed by atoms with Crippen LogP contribution in [0.5, 0.6) is 5.75 Å². The maximum absolute atomic E-state index is 12.3. The molecule has 1 aliphatic heterocycles. The van der Waals surface area contributed by atoms with Crippen molar-refractivity contribution < 1.29 is 14.3 Å². The Kier molecular flexibility index (Phi) is 8.17. The van der Waals surface area contributed by atoms with Crippen molar-refractivity contribution in [1.82, 2.24) is 20.2 Å². The average molecular weight is 473 g/mol. The third-order valence-electron chi connectivity index (χ3n) is 4.93. The Bertz CT molecular complexity index is 1050. The second-order valence-electron chi connectivity index (χ2n) is 7.29. The number of carbonyl (C=O) groups excluding carboxylic acids is 1. The standard InChI is InChI=1S/C23H25ClN4O3S/c24-17-5-7-18(8-6-17)31-12-9-25-22(29)16-32-23-19-3-1-2-4-20(19)26-21(27-23)15-28-10-13-30-14-11-28/h1-8H,9-16H2,(H,25,29). The van der Waals surface area contributed by atoms with Gasteiger partial charge in [0.2, 0.25) is 5.91 Å². The summed E-state index contributed by atoms with van der Waals surface area (Å²) in [7, 11) is 0. The number of para-hydroxylation sites is 1. The number of hydrogen-bond acceptors (Lipinski definition) is 7. The van der Waals surface area contributed by atoms with Gasteiger partial charge in [-0.05, 0) is 30.3 Å². The van der Waals surface area contributed by atoms with E-state index < -0.39 is 0 Å². The van der Waals surface area contributed by atoms with Gasteiger partial charge >= 0.3 is 0 Å². The average Bonchev–Trinajstić information content (AvgIpc) is 2.82. The summed E-state index contributed by atoms with van der Waals surface area (Å²) in [5.74, 6) is 1.70. The minimum atomic E-state index is -0.0628. The zero-order valence-electron chi connectivity index (χ0n) is 17.6. The first-order valence-electron chi connectivity index (χ1n) is 10.5. The number of rotatable bonds is 9. The number of benzene rings is 2. The third kappa shape index (κ3) is 6.56. The highest BCUT2D eigenvalue weighted by Crippen LogP contribution is 2.25. The lowest BCUT2D eigenvalue weighted by molar-refractivity contribution is -0.118. The van der Waals surface area contributed by atoms with Gasteiger partial charge in [-0.3, -0.25) is 9.69 Å². The van der Waals surface area contributed by atoms with Crippen molar-refractivity contribution >= 4 is 40.2 Å². The molecule has 0 unspecified atom stereocenters. The van der Waals surface area contributed by atoms with Gasteiger partial charge in [0.1, 0.15) is 23.2 Å². The van der Waals surface area contributed by atoms with Crippen LogP contribution in [0.2, 0.25) is 5.02 Å². The number of nitrogens with zero attached hydrogens (tertiary/aromatic N) is 3. The molecule has 32 heavy (non-hydrogen) atoms. The Labute approximate surface area is 196 Å². The zero-order chi connectivity index (χ0) is 22.2. The summed E-state index contributed by atoms with van der Waals surface area (Å²) >= 11 is 7.29. The van der Waals surface area contributed by atoms with E-state index in [-0.39, 0.29) is 11.7 Å². The van der Waals surface area contributed by atoms with Gasteiger partial charge in [0.15, 0.2) is 0 Å². The molecule has 0 bridgehead atoms. The van der Waals surface area contributed by atoms with E-state index in [2.05, 4.69) is 10.2 Å². The summed E-state index contributed by atoms with van der Waals surface area (Å²) in [6.45, 7) is 4.70. The maximum atomic E-state index is 12.3. The number of halogens is 1. The molecule has 1 aromatic heterocycles. The van der Waals surface area contributed by atoms with Gasteiger partial charge in [-0.1, -0.05) is 41.6 Å². The number of fused-ring (bicyclic) bond motifs is 1. The Balaban J connectivity index is 1.31. The van der Waals surface area contributed by atoms with E-state index in [0.717, 1.165) is 53.8 Å². The fourth-order valence-electron chi connectivity index (χ4n) is 3.31. The second kappa shape index (κ2) is 11.5. The Morgan fingerprint density at radius 2 is 1.91 bits per heavy atom. The largest absolute Gasteiger partial charge is 0.492 e. The molecule has 1 saturated heterocycles. The number of hydrogen-bond donors (Lipinski definition) is 1. The monoisotopic (exact) mass is 472 g/mol. The predicted octanol–water partition coefficient (Wildman–Crippen LogP) is 3.40. The van der Waals surface area contributed by atoms with E-state index >= 15 is 0 Å². The Morgan fingerprint density at radius 3 is 2.72 bits per heavy atom. The molecule has 0 radical (unpaired) electrons. The first-order chi connectivity index (χ1) is 15.7. The van der Waals surface area contributed by atoms with Crippen molar-refractivity contribution in [2.75, 3.05) is 45.2 Å². The van der Waals surface area contributed by atoms with Crippen LogP contribution in [0.1, 0.15) is 5.82 Å². The third-order valence-corrected chi connectivity index (χ3v) is 6.17. The number of thioether (sulfide) groups is 1. The minimum Gasteiger partial charge on any atom is -0.492 e. The lowest BCUT2D eigenvalue weighted by Crippen LogP contribution is -2.36. The predicted molar refractivity (Wildman–Crippen MR) is 126 cm³/mol. The quantitative estimate of drug-likeness (QED) is 0.290. The lowest BCUT2D eigenvalue weighted by atomic mass is 10.2. The SMILES string of the molecule is O=C(CSc1nc(CN2CCOCC2)nc2ccccc12)NCCOc1ccc(Cl)cc1. The number of nitrogens with one attached hydrogen (secondary N) is 1. The number of aromatic nitrogens is 2. The van der Waals surface area contributed by atoms with Crippen molar-refractivity contribution in [1.29, 1.82) is 0 Å².